The molecular formula is C56H106N2O11. The van der Waals surface area contributed by atoms with Crippen molar-refractivity contribution in [2.45, 2.75) is 207 Å². The standard InChI is InChI=1S/C56H106N2O11/c1-5-9-11-13-15-22-31-42-68-55(60)34-25-19-17-21-29-40-65-51-53(67-41-30-24-18-20-26-35-56(61)69-43-32-23-16-14-12-10-6-2)52-66-50-49-64-48-47-63-46-45-62-44-36-57-54(59)33-27-28-39-58(37-7-3)38-8-4/h22-23,31-32,53H,5-21,24-30,33-52H2,1-4H3,(H,57,59)/b31-22-,32-23-. The molecule has 1 unspecified atom stereocenters. The minimum absolute atomic E-state index is 0.0884. The predicted octanol–water partition coefficient (Wildman–Crippen LogP) is 11.7. The molecule has 1 N–H and O–H groups in total. The molecule has 0 saturated heterocycles. The molecular weight excluding hydrogens is 877 g/mol. The van der Waals surface area contributed by atoms with Gasteiger partial charge in [-0.25, -0.2) is 0 Å². The van der Waals surface area contributed by atoms with E-state index < -0.39 is 0 Å². The number of nitrogens with one attached hydrogen (secondary N) is 1. The molecule has 0 saturated carbocycles. The number of nitrogens with zero attached hydrogens (tertiary/aromatic N) is 1. The van der Waals surface area contributed by atoms with Crippen molar-refractivity contribution in [3.63, 3.8) is 0 Å². The predicted molar refractivity (Wildman–Crippen MR) is 281 cm³/mol. The highest BCUT2D eigenvalue weighted by atomic mass is 16.6. The van der Waals surface area contributed by atoms with Crippen LogP contribution in [0.1, 0.15) is 201 Å². The summed E-state index contributed by atoms with van der Waals surface area (Å²) in [6.45, 7) is 18.9. The average Bonchev–Trinajstić information content (AvgIpc) is 3.34. The Labute approximate surface area is 422 Å². The quantitative estimate of drug-likeness (QED) is 0.0352. The first-order chi connectivity index (χ1) is 34.0. The van der Waals surface area contributed by atoms with Crippen molar-refractivity contribution in [1.82, 2.24) is 10.2 Å². The molecule has 1 atom stereocenters. The summed E-state index contributed by atoms with van der Waals surface area (Å²) < 4.78 is 45.8. The molecule has 1 amide bonds. The summed E-state index contributed by atoms with van der Waals surface area (Å²) in [5, 5.41) is 2.94. The monoisotopic (exact) mass is 983 g/mol. The lowest BCUT2D eigenvalue weighted by molar-refractivity contribution is -0.143. The van der Waals surface area contributed by atoms with E-state index in [4.69, 9.17) is 37.9 Å². The minimum atomic E-state index is -0.166. The molecule has 0 aromatic carbocycles. The maximum absolute atomic E-state index is 12.1. The van der Waals surface area contributed by atoms with E-state index in [2.05, 4.69) is 50.1 Å². The molecule has 0 fully saturated rings. The van der Waals surface area contributed by atoms with Gasteiger partial charge in [0.05, 0.1) is 59.5 Å². The van der Waals surface area contributed by atoms with Crippen molar-refractivity contribution < 1.29 is 52.3 Å². The number of rotatable bonds is 56. The molecule has 0 aliphatic carbocycles. The van der Waals surface area contributed by atoms with E-state index >= 15 is 0 Å². The van der Waals surface area contributed by atoms with Crippen molar-refractivity contribution in [2.75, 3.05) is 112 Å². The van der Waals surface area contributed by atoms with Gasteiger partial charge in [0.1, 0.15) is 19.3 Å². The summed E-state index contributed by atoms with van der Waals surface area (Å²) in [6, 6.07) is 0. The first-order valence-corrected chi connectivity index (χ1v) is 28.1. The fourth-order valence-electron chi connectivity index (χ4n) is 7.51. The number of carbonyl (C=O) groups excluding carboxylic acids is 3. The van der Waals surface area contributed by atoms with Crippen molar-refractivity contribution in [1.29, 1.82) is 0 Å². The third kappa shape index (κ3) is 53.2. The minimum Gasteiger partial charge on any atom is -0.461 e. The molecule has 13 heteroatoms. The SMILES string of the molecule is CCCCCC/C=C\COC(=O)CCCCCCCOCC(COCCOCCOCCOCCNC(=O)CCCCN(CCC)CCC)OCCCCCCCC(=O)OC/C=C\CCCCCC. The molecule has 13 nitrogen and oxygen atoms in total. The number of hydrogen-bond donors (Lipinski definition) is 1. The van der Waals surface area contributed by atoms with Crippen LogP contribution in [0.2, 0.25) is 0 Å². The third-order valence-electron chi connectivity index (χ3n) is 11.5. The van der Waals surface area contributed by atoms with Gasteiger partial charge < -0.3 is 48.1 Å². The van der Waals surface area contributed by atoms with Crippen LogP contribution >= 0.6 is 0 Å². The smallest absolute Gasteiger partial charge is 0.306 e. The summed E-state index contributed by atoms with van der Waals surface area (Å²) in [5.74, 6) is -0.142. The van der Waals surface area contributed by atoms with E-state index in [9.17, 15) is 14.4 Å². The van der Waals surface area contributed by atoms with E-state index in [0.717, 1.165) is 110 Å². The average molecular weight is 983 g/mol. The van der Waals surface area contributed by atoms with E-state index in [0.29, 0.717) is 112 Å². The fraction of sp³-hybridized carbons (Fsp3) is 0.875. The molecule has 0 radical (unpaired) electrons. The van der Waals surface area contributed by atoms with Crippen LogP contribution in [0.25, 0.3) is 0 Å². The Morgan fingerprint density at radius 2 is 0.870 bits per heavy atom. The second kappa shape index (κ2) is 56.5. The van der Waals surface area contributed by atoms with Gasteiger partial charge in [0, 0.05) is 39.0 Å². The van der Waals surface area contributed by atoms with Crippen LogP contribution in [-0.4, -0.2) is 141 Å². The van der Waals surface area contributed by atoms with Crippen LogP contribution in [-0.2, 0) is 52.3 Å². The van der Waals surface area contributed by atoms with Gasteiger partial charge in [-0.3, -0.25) is 14.4 Å². The molecule has 0 aromatic rings. The topological polar surface area (TPSA) is 140 Å². The van der Waals surface area contributed by atoms with Crippen molar-refractivity contribution in [2.24, 2.45) is 0 Å². The van der Waals surface area contributed by atoms with Gasteiger partial charge >= 0.3 is 11.9 Å². The zero-order valence-corrected chi connectivity index (χ0v) is 44.9. The molecule has 406 valence electrons. The summed E-state index contributed by atoms with van der Waals surface area (Å²) in [5.41, 5.74) is 0. The summed E-state index contributed by atoms with van der Waals surface area (Å²) >= 11 is 0. The number of allylic oxidation sites excluding steroid dienone is 2. The van der Waals surface area contributed by atoms with Crippen LogP contribution in [0.4, 0.5) is 0 Å². The van der Waals surface area contributed by atoms with Crippen LogP contribution in [0.5, 0.6) is 0 Å². The number of esters is 2. The van der Waals surface area contributed by atoms with Gasteiger partial charge in [-0.05, 0) is 96.7 Å². The first kappa shape index (κ1) is 66.6. The molecule has 0 spiro atoms. The van der Waals surface area contributed by atoms with Crippen molar-refractivity contribution >= 4 is 17.8 Å². The fourth-order valence-corrected chi connectivity index (χ4v) is 7.51. The second-order valence-electron chi connectivity index (χ2n) is 18.2. The van der Waals surface area contributed by atoms with E-state index in [-0.39, 0.29) is 23.9 Å². The summed E-state index contributed by atoms with van der Waals surface area (Å²) in [4.78, 5) is 38.7. The van der Waals surface area contributed by atoms with Gasteiger partial charge in [0.15, 0.2) is 0 Å². The Morgan fingerprint density at radius 1 is 0.420 bits per heavy atom. The zero-order valence-electron chi connectivity index (χ0n) is 44.9. The van der Waals surface area contributed by atoms with E-state index in [1.54, 1.807) is 0 Å². The van der Waals surface area contributed by atoms with Crippen molar-refractivity contribution in [3.05, 3.63) is 24.3 Å². The Bertz CT molecular complexity index is 1150. The van der Waals surface area contributed by atoms with Gasteiger partial charge in [-0.1, -0.05) is 129 Å². The number of amides is 1. The Hall–Kier alpha value is -2.39. The van der Waals surface area contributed by atoms with Gasteiger partial charge in [0.2, 0.25) is 5.91 Å². The highest BCUT2D eigenvalue weighted by molar-refractivity contribution is 5.75. The maximum Gasteiger partial charge on any atom is 0.306 e. The normalized spacial score (nSPS) is 12.2. The van der Waals surface area contributed by atoms with Gasteiger partial charge in [0.25, 0.3) is 0 Å². The van der Waals surface area contributed by atoms with E-state index in [1.807, 2.05) is 12.2 Å². The van der Waals surface area contributed by atoms with Crippen LogP contribution in [0.15, 0.2) is 24.3 Å². The highest BCUT2D eigenvalue weighted by Gasteiger charge is 2.11. The van der Waals surface area contributed by atoms with Crippen LogP contribution in [0.3, 0.4) is 0 Å². The molecule has 0 rings (SSSR count). The summed E-state index contributed by atoms with van der Waals surface area (Å²) in [7, 11) is 0. The first-order valence-electron chi connectivity index (χ1n) is 28.1. The molecule has 0 aromatic heterocycles. The van der Waals surface area contributed by atoms with Gasteiger partial charge in [-0.2, -0.15) is 0 Å². The Kier molecular flexibility index (Phi) is 54.6. The lowest BCUT2D eigenvalue weighted by Crippen LogP contribution is -2.28. The molecule has 0 heterocycles. The number of ether oxygens (including phenoxy) is 8. The third-order valence-corrected chi connectivity index (χ3v) is 11.5. The van der Waals surface area contributed by atoms with E-state index in [1.165, 1.54) is 64.2 Å². The van der Waals surface area contributed by atoms with Crippen LogP contribution < -0.4 is 5.32 Å². The Balaban J connectivity index is 4.20. The van der Waals surface area contributed by atoms with Crippen molar-refractivity contribution in [3.8, 4) is 0 Å². The van der Waals surface area contributed by atoms with Crippen LogP contribution in [0, 0.1) is 0 Å². The Morgan fingerprint density at radius 3 is 1.41 bits per heavy atom. The lowest BCUT2D eigenvalue weighted by atomic mass is 10.1. The zero-order chi connectivity index (χ0) is 50.2. The molecule has 0 bridgehead atoms. The molecule has 69 heavy (non-hydrogen) atoms. The molecule has 0 aliphatic rings. The molecule has 0 aliphatic heterocycles. The largest absolute Gasteiger partial charge is 0.461 e. The lowest BCUT2D eigenvalue weighted by Gasteiger charge is -2.20. The highest BCUT2D eigenvalue weighted by Crippen LogP contribution is 2.10. The number of carbonyl (C=O) groups is 3. The number of hydrogen-bond acceptors (Lipinski definition) is 12. The van der Waals surface area contributed by atoms with Gasteiger partial charge in [-0.15, -0.1) is 0 Å². The summed E-state index contributed by atoms with van der Waals surface area (Å²) in [6.07, 6.45) is 35.7. The number of unbranched alkanes of at least 4 members (excludes halogenated alkanes) is 17. The second-order valence-corrected chi connectivity index (χ2v) is 18.2. The maximum atomic E-state index is 12.1.